The molecule has 3 rings (SSSR count). The molecule has 0 unspecified atom stereocenters. The molecule has 0 aliphatic carbocycles. The minimum Gasteiger partial charge on any atom is -0.350 e. The molecular weight excluding hydrogens is 450 g/mol. The van der Waals surface area contributed by atoms with Crippen LogP contribution in [0.2, 0.25) is 0 Å². The number of sulfonamides is 1. The van der Waals surface area contributed by atoms with Gasteiger partial charge in [0.15, 0.2) is 0 Å². The van der Waals surface area contributed by atoms with Gasteiger partial charge in [0.1, 0.15) is 0 Å². The Kier molecular flexibility index (Phi) is 8.07. The maximum absolute atomic E-state index is 12.8. The monoisotopic (exact) mass is 479 g/mol. The van der Waals surface area contributed by atoms with Gasteiger partial charge in [0, 0.05) is 11.6 Å². The molecule has 0 fully saturated rings. The molecule has 8 heteroatoms. The molecule has 0 radical (unpaired) electrons. The van der Waals surface area contributed by atoms with E-state index in [4.69, 9.17) is 0 Å². The van der Waals surface area contributed by atoms with Gasteiger partial charge in [-0.3, -0.25) is 13.9 Å². The van der Waals surface area contributed by atoms with Gasteiger partial charge in [0.05, 0.1) is 29.7 Å². The van der Waals surface area contributed by atoms with E-state index in [0.29, 0.717) is 22.5 Å². The highest BCUT2D eigenvalue weighted by atomic mass is 32.2. The first-order valence-electron chi connectivity index (χ1n) is 11.0. The summed E-state index contributed by atoms with van der Waals surface area (Å²) in [5, 5.41) is 5.71. The van der Waals surface area contributed by atoms with E-state index in [0.717, 1.165) is 18.2 Å². The van der Waals surface area contributed by atoms with Crippen molar-refractivity contribution in [2.75, 3.05) is 15.9 Å². The first-order valence-corrected chi connectivity index (χ1v) is 12.9. The van der Waals surface area contributed by atoms with Crippen molar-refractivity contribution < 1.29 is 18.0 Å². The number of hydrogen-bond acceptors (Lipinski definition) is 4. The molecule has 2 amide bonds. The maximum Gasteiger partial charge on any atom is 0.255 e. The van der Waals surface area contributed by atoms with Gasteiger partial charge in [0.25, 0.3) is 11.8 Å². The van der Waals surface area contributed by atoms with Crippen molar-refractivity contribution in [2.45, 2.75) is 32.9 Å². The van der Waals surface area contributed by atoms with Gasteiger partial charge >= 0.3 is 0 Å². The topological polar surface area (TPSA) is 95.6 Å². The molecule has 0 aliphatic heterocycles. The zero-order valence-corrected chi connectivity index (χ0v) is 20.3. The van der Waals surface area contributed by atoms with Gasteiger partial charge in [-0.1, -0.05) is 49.4 Å². The lowest BCUT2D eigenvalue weighted by molar-refractivity contribution is 0.0940. The van der Waals surface area contributed by atoms with E-state index in [9.17, 15) is 18.0 Å². The molecule has 0 aliphatic rings. The fourth-order valence-corrected chi connectivity index (χ4v) is 4.20. The van der Waals surface area contributed by atoms with Crippen molar-refractivity contribution in [3.8, 4) is 0 Å². The fourth-order valence-electron chi connectivity index (χ4n) is 3.31. The van der Waals surface area contributed by atoms with Crippen LogP contribution in [0, 0.1) is 0 Å². The van der Waals surface area contributed by atoms with Gasteiger partial charge < -0.3 is 10.6 Å². The Balaban J connectivity index is 1.75. The molecule has 3 aromatic rings. The fraction of sp³-hybridized carbons (Fsp3) is 0.231. The number of benzene rings is 3. The summed E-state index contributed by atoms with van der Waals surface area (Å²) in [5.74, 6) is -0.610. The van der Waals surface area contributed by atoms with Crippen LogP contribution in [0.1, 0.15) is 46.5 Å². The molecule has 3 aromatic carbocycles. The number of amides is 2. The second-order valence-electron chi connectivity index (χ2n) is 8.08. The molecule has 178 valence electrons. The number of nitrogens with one attached hydrogen (secondary N) is 2. The first-order chi connectivity index (χ1) is 16.2. The SMILES string of the molecule is CC[C@H](C)NC(=O)c1ccccc1NC(=O)c1ccc(CN(c2ccccc2)S(C)(=O)=O)cc1. The highest BCUT2D eigenvalue weighted by Gasteiger charge is 2.18. The largest absolute Gasteiger partial charge is 0.350 e. The van der Waals surface area contributed by atoms with Crippen LogP contribution < -0.4 is 14.9 Å². The van der Waals surface area contributed by atoms with Crippen LogP contribution in [0.3, 0.4) is 0 Å². The summed E-state index contributed by atoms with van der Waals surface area (Å²) in [5.41, 5.74) is 2.51. The molecule has 0 spiro atoms. The zero-order valence-electron chi connectivity index (χ0n) is 19.5. The lowest BCUT2D eigenvalue weighted by atomic mass is 10.1. The van der Waals surface area contributed by atoms with E-state index in [-0.39, 0.29) is 24.4 Å². The molecule has 0 bridgehead atoms. The van der Waals surface area contributed by atoms with E-state index >= 15 is 0 Å². The van der Waals surface area contributed by atoms with E-state index in [1.54, 1.807) is 72.8 Å². The predicted molar refractivity (Wildman–Crippen MR) is 136 cm³/mol. The van der Waals surface area contributed by atoms with Crippen LogP contribution in [-0.4, -0.2) is 32.5 Å². The van der Waals surface area contributed by atoms with Crippen molar-refractivity contribution in [2.24, 2.45) is 0 Å². The highest BCUT2D eigenvalue weighted by molar-refractivity contribution is 7.92. The number of carbonyl (C=O) groups is 2. The van der Waals surface area contributed by atoms with Crippen LogP contribution in [0.4, 0.5) is 11.4 Å². The molecule has 0 heterocycles. The summed E-state index contributed by atoms with van der Waals surface area (Å²) >= 11 is 0. The Hall–Kier alpha value is -3.65. The van der Waals surface area contributed by atoms with Gasteiger partial charge in [0.2, 0.25) is 10.0 Å². The van der Waals surface area contributed by atoms with Gasteiger partial charge in [-0.05, 0) is 55.3 Å². The molecule has 0 saturated heterocycles. The summed E-state index contributed by atoms with van der Waals surface area (Å²) in [7, 11) is -3.49. The molecule has 0 aromatic heterocycles. The number of para-hydroxylation sites is 2. The summed E-state index contributed by atoms with van der Waals surface area (Å²) in [6.07, 6.45) is 1.96. The summed E-state index contributed by atoms with van der Waals surface area (Å²) in [4.78, 5) is 25.4. The predicted octanol–water partition coefficient (Wildman–Crippen LogP) is 4.43. The van der Waals surface area contributed by atoms with Crippen LogP contribution in [0.25, 0.3) is 0 Å². The highest BCUT2D eigenvalue weighted by Crippen LogP contribution is 2.21. The summed E-state index contributed by atoms with van der Waals surface area (Å²) in [6, 6.07) is 22.4. The molecule has 34 heavy (non-hydrogen) atoms. The van der Waals surface area contributed by atoms with Gasteiger partial charge in [-0.2, -0.15) is 0 Å². The maximum atomic E-state index is 12.8. The summed E-state index contributed by atoms with van der Waals surface area (Å²) in [6.45, 7) is 4.05. The normalized spacial score (nSPS) is 12.0. The van der Waals surface area contributed by atoms with Crippen molar-refractivity contribution in [3.05, 3.63) is 95.6 Å². The Bertz CT molecular complexity index is 1240. The third-order valence-electron chi connectivity index (χ3n) is 5.40. The second-order valence-corrected chi connectivity index (χ2v) is 9.99. The smallest absolute Gasteiger partial charge is 0.255 e. The lowest BCUT2D eigenvalue weighted by Crippen LogP contribution is -2.32. The van der Waals surface area contributed by atoms with E-state index in [1.807, 2.05) is 19.9 Å². The minimum atomic E-state index is -3.49. The second kappa shape index (κ2) is 11.0. The van der Waals surface area contributed by atoms with Crippen molar-refractivity contribution in [1.82, 2.24) is 5.32 Å². The van der Waals surface area contributed by atoms with Crippen LogP contribution in [0.15, 0.2) is 78.9 Å². The van der Waals surface area contributed by atoms with E-state index in [1.165, 1.54) is 4.31 Å². The Morgan fingerprint density at radius 3 is 2.12 bits per heavy atom. The van der Waals surface area contributed by atoms with E-state index in [2.05, 4.69) is 10.6 Å². The average molecular weight is 480 g/mol. The van der Waals surface area contributed by atoms with Crippen LogP contribution in [-0.2, 0) is 16.6 Å². The van der Waals surface area contributed by atoms with Crippen LogP contribution >= 0.6 is 0 Å². The van der Waals surface area contributed by atoms with Crippen molar-refractivity contribution in [3.63, 3.8) is 0 Å². The van der Waals surface area contributed by atoms with Gasteiger partial charge in [-0.25, -0.2) is 8.42 Å². The molecular formula is C26H29N3O4S. The molecule has 2 N–H and O–H groups in total. The first kappa shape index (κ1) is 25.0. The third-order valence-corrected chi connectivity index (χ3v) is 6.54. The quantitative estimate of drug-likeness (QED) is 0.475. The Morgan fingerprint density at radius 1 is 0.882 bits per heavy atom. The van der Waals surface area contributed by atoms with Crippen molar-refractivity contribution in [1.29, 1.82) is 0 Å². The number of anilines is 2. The zero-order chi connectivity index (χ0) is 24.7. The Morgan fingerprint density at radius 2 is 1.50 bits per heavy atom. The average Bonchev–Trinajstić information content (AvgIpc) is 2.82. The molecule has 1 atom stereocenters. The number of hydrogen-bond donors (Lipinski definition) is 2. The number of carbonyl (C=O) groups excluding carboxylic acids is 2. The Labute approximate surface area is 200 Å². The van der Waals surface area contributed by atoms with Crippen LogP contribution in [0.5, 0.6) is 0 Å². The standard InChI is InChI=1S/C26H29N3O4S/c1-4-19(2)27-26(31)23-12-8-9-13-24(23)28-25(30)21-16-14-20(15-17-21)18-29(34(3,32)33)22-10-6-5-7-11-22/h5-17,19H,4,18H2,1-3H3,(H,27,31)(H,28,30)/t19-/m0/s1. The van der Waals surface area contributed by atoms with E-state index < -0.39 is 10.0 Å². The lowest BCUT2D eigenvalue weighted by Gasteiger charge is -2.22. The number of rotatable bonds is 9. The minimum absolute atomic E-state index is 0.0196. The van der Waals surface area contributed by atoms with Gasteiger partial charge in [-0.15, -0.1) is 0 Å². The van der Waals surface area contributed by atoms with Crippen molar-refractivity contribution >= 4 is 33.2 Å². The molecule has 7 nitrogen and oxygen atoms in total. The third kappa shape index (κ3) is 6.45. The molecule has 0 saturated carbocycles. The number of nitrogens with zero attached hydrogens (tertiary/aromatic N) is 1. The summed E-state index contributed by atoms with van der Waals surface area (Å²) < 4.78 is 25.9.